The summed E-state index contributed by atoms with van der Waals surface area (Å²) in [5, 5.41) is 21.5. The predicted molar refractivity (Wildman–Crippen MR) is 109 cm³/mol. The Bertz CT molecular complexity index is 850. The molecule has 2 atom stereocenters. The van der Waals surface area contributed by atoms with Crippen LogP contribution in [-0.4, -0.2) is 29.4 Å². The number of hydrogen-bond donors (Lipinski definition) is 3. The average Bonchev–Trinajstić information content (AvgIpc) is 2.69. The predicted octanol–water partition coefficient (Wildman–Crippen LogP) is 4.75. The first-order valence-corrected chi connectivity index (χ1v) is 9.19. The number of benzene rings is 2. The van der Waals surface area contributed by atoms with Gasteiger partial charge in [-0.3, -0.25) is 5.32 Å². The maximum atomic E-state index is 12.4. The summed E-state index contributed by atoms with van der Waals surface area (Å²) in [5.74, 6) is -0.881. The Kier molecular flexibility index (Phi) is 8.09. The number of phenols is 1. The van der Waals surface area contributed by atoms with Gasteiger partial charge in [0.15, 0.2) is 11.5 Å². The van der Waals surface area contributed by atoms with E-state index in [0.29, 0.717) is 29.8 Å². The van der Waals surface area contributed by atoms with Gasteiger partial charge in [0.05, 0.1) is 7.11 Å². The summed E-state index contributed by atoms with van der Waals surface area (Å²) >= 11 is 0. The number of aromatic hydroxyl groups is 1. The van der Waals surface area contributed by atoms with Crippen molar-refractivity contribution in [1.82, 2.24) is 0 Å². The van der Waals surface area contributed by atoms with E-state index in [-0.39, 0.29) is 11.7 Å². The summed E-state index contributed by atoms with van der Waals surface area (Å²) in [4.78, 5) is 23.0. The van der Waals surface area contributed by atoms with E-state index in [4.69, 9.17) is 14.6 Å². The lowest BCUT2D eigenvalue weighted by Gasteiger charge is -2.25. The number of amides is 1. The van der Waals surface area contributed by atoms with Crippen LogP contribution in [0.4, 0.5) is 10.5 Å². The molecule has 0 fully saturated rings. The summed E-state index contributed by atoms with van der Waals surface area (Å²) in [6, 6.07) is 13.8. The molecule has 1 amide bonds. The number of aliphatic carboxylic acids is 1. The number of rotatable bonds is 9. The fourth-order valence-corrected chi connectivity index (χ4v) is 2.88. The van der Waals surface area contributed by atoms with Gasteiger partial charge >= 0.3 is 12.1 Å². The zero-order chi connectivity index (χ0) is 21.2. The average molecular weight is 399 g/mol. The van der Waals surface area contributed by atoms with Crippen molar-refractivity contribution in [3.63, 3.8) is 0 Å². The van der Waals surface area contributed by atoms with Crippen molar-refractivity contribution >= 4 is 17.7 Å². The molecule has 0 radical (unpaired) electrons. The molecule has 2 rings (SSSR count). The van der Waals surface area contributed by atoms with Crippen LogP contribution in [-0.2, 0) is 9.53 Å². The van der Waals surface area contributed by atoms with E-state index >= 15 is 0 Å². The quantitative estimate of drug-likeness (QED) is 0.526. The number of carboxylic acid groups (broad SMARTS) is 1. The molecule has 0 spiro atoms. The molecule has 0 saturated carbocycles. The molecule has 7 nitrogen and oxygen atoms in total. The maximum Gasteiger partial charge on any atom is 0.412 e. The normalized spacial score (nSPS) is 12.9. The number of carboxylic acids is 1. The number of phenolic OH excluding ortho intramolecular Hbond substituents is 1. The number of carbonyl (C=O) groups excluding carboxylic acids is 1. The first-order valence-electron chi connectivity index (χ1n) is 9.19. The van der Waals surface area contributed by atoms with E-state index in [0.717, 1.165) is 6.08 Å². The SMILES string of the molecule is COc1ccc([C@H](OC(=O)Nc2ccccc2)[C@H](C)CC/C=C/C(=O)O)cc1O. The van der Waals surface area contributed by atoms with Crippen molar-refractivity contribution in [3.05, 3.63) is 66.2 Å². The third-order valence-electron chi connectivity index (χ3n) is 4.35. The highest BCUT2D eigenvalue weighted by Gasteiger charge is 2.24. The smallest absolute Gasteiger partial charge is 0.412 e. The highest BCUT2D eigenvalue weighted by Crippen LogP contribution is 2.35. The van der Waals surface area contributed by atoms with Gasteiger partial charge < -0.3 is 19.7 Å². The Morgan fingerprint density at radius 1 is 1.17 bits per heavy atom. The van der Waals surface area contributed by atoms with Crippen LogP contribution in [0.2, 0.25) is 0 Å². The van der Waals surface area contributed by atoms with E-state index in [2.05, 4.69) is 5.32 Å². The van der Waals surface area contributed by atoms with Crippen molar-refractivity contribution in [2.75, 3.05) is 12.4 Å². The number of hydrogen-bond acceptors (Lipinski definition) is 5. The summed E-state index contributed by atoms with van der Waals surface area (Å²) in [7, 11) is 1.45. The molecule has 0 heterocycles. The molecule has 0 aliphatic rings. The Morgan fingerprint density at radius 3 is 2.52 bits per heavy atom. The highest BCUT2D eigenvalue weighted by atomic mass is 16.6. The zero-order valence-electron chi connectivity index (χ0n) is 16.4. The zero-order valence-corrected chi connectivity index (χ0v) is 16.4. The largest absolute Gasteiger partial charge is 0.504 e. The lowest BCUT2D eigenvalue weighted by atomic mass is 9.92. The van der Waals surface area contributed by atoms with E-state index in [1.54, 1.807) is 42.5 Å². The maximum absolute atomic E-state index is 12.4. The number of methoxy groups -OCH3 is 1. The Morgan fingerprint density at radius 2 is 1.90 bits per heavy atom. The molecule has 0 bridgehead atoms. The molecule has 0 aliphatic carbocycles. The molecule has 154 valence electrons. The fourth-order valence-electron chi connectivity index (χ4n) is 2.88. The summed E-state index contributed by atoms with van der Waals surface area (Å²) in [6.45, 7) is 1.90. The Balaban J connectivity index is 2.16. The third kappa shape index (κ3) is 6.88. The number of carbonyl (C=O) groups is 2. The molecule has 0 aromatic heterocycles. The third-order valence-corrected chi connectivity index (χ3v) is 4.35. The minimum Gasteiger partial charge on any atom is -0.504 e. The van der Waals surface area contributed by atoms with Crippen LogP contribution in [0.1, 0.15) is 31.4 Å². The summed E-state index contributed by atoms with van der Waals surface area (Å²) in [6.07, 6.45) is 2.48. The number of anilines is 1. The van der Waals surface area contributed by atoms with Crippen LogP contribution >= 0.6 is 0 Å². The number of para-hydroxylation sites is 1. The topological polar surface area (TPSA) is 105 Å². The van der Waals surface area contributed by atoms with Crippen molar-refractivity contribution in [2.45, 2.75) is 25.9 Å². The second kappa shape index (κ2) is 10.8. The molecule has 3 N–H and O–H groups in total. The molecular formula is C22H25NO6. The molecule has 0 aliphatic heterocycles. The number of ether oxygens (including phenoxy) is 2. The molecule has 29 heavy (non-hydrogen) atoms. The van der Waals surface area contributed by atoms with Gasteiger partial charge in [-0.25, -0.2) is 9.59 Å². The van der Waals surface area contributed by atoms with Crippen LogP contribution in [0.15, 0.2) is 60.7 Å². The van der Waals surface area contributed by atoms with E-state index in [1.807, 2.05) is 13.0 Å². The number of allylic oxidation sites excluding steroid dienone is 1. The monoisotopic (exact) mass is 399 g/mol. The van der Waals surface area contributed by atoms with Gasteiger partial charge in [0.25, 0.3) is 0 Å². The van der Waals surface area contributed by atoms with Gasteiger partial charge in [-0.15, -0.1) is 0 Å². The highest BCUT2D eigenvalue weighted by molar-refractivity contribution is 5.84. The lowest BCUT2D eigenvalue weighted by Crippen LogP contribution is -2.22. The second-order valence-corrected chi connectivity index (χ2v) is 6.54. The van der Waals surface area contributed by atoms with Crippen LogP contribution in [0, 0.1) is 5.92 Å². The molecule has 7 heteroatoms. The first-order chi connectivity index (χ1) is 13.9. The van der Waals surface area contributed by atoms with Gasteiger partial charge in [0.2, 0.25) is 0 Å². The van der Waals surface area contributed by atoms with E-state index < -0.39 is 18.2 Å². The molecular weight excluding hydrogens is 374 g/mol. The first kappa shape index (κ1) is 21.8. The Labute approximate surface area is 169 Å². The lowest BCUT2D eigenvalue weighted by molar-refractivity contribution is -0.131. The molecule has 2 aromatic carbocycles. The fraction of sp³-hybridized carbons (Fsp3) is 0.273. The molecule has 0 unspecified atom stereocenters. The van der Waals surface area contributed by atoms with Gasteiger partial charge in [0.1, 0.15) is 6.10 Å². The molecule has 0 saturated heterocycles. The van der Waals surface area contributed by atoms with Crippen LogP contribution < -0.4 is 10.1 Å². The van der Waals surface area contributed by atoms with Crippen molar-refractivity contribution < 1.29 is 29.3 Å². The Hall–Kier alpha value is -3.48. The van der Waals surface area contributed by atoms with Crippen molar-refractivity contribution in [1.29, 1.82) is 0 Å². The van der Waals surface area contributed by atoms with Crippen molar-refractivity contribution in [2.24, 2.45) is 5.92 Å². The van der Waals surface area contributed by atoms with Gasteiger partial charge in [-0.1, -0.05) is 37.3 Å². The number of nitrogens with one attached hydrogen (secondary N) is 1. The summed E-state index contributed by atoms with van der Waals surface area (Å²) in [5.41, 5.74) is 1.21. The van der Waals surface area contributed by atoms with Crippen LogP contribution in [0.3, 0.4) is 0 Å². The van der Waals surface area contributed by atoms with E-state index in [9.17, 15) is 14.7 Å². The second-order valence-electron chi connectivity index (χ2n) is 6.54. The standard InChI is InChI=1S/C22H25NO6/c1-15(8-6-7-11-20(25)26)21(16-12-13-19(28-2)18(24)14-16)29-22(27)23-17-9-4-3-5-10-17/h3-5,7,9-15,21,24H,6,8H2,1-2H3,(H,23,27)(H,25,26)/b11-7+/t15-,21-/m1/s1. The minimum absolute atomic E-state index is 0.0555. The van der Waals surface area contributed by atoms with Crippen LogP contribution in [0.5, 0.6) is 11.5 Å². The van der Waals surface area contributed by atoms with Gasteiger partial charge in [-0.2, -0.15) is 0 Å². The van der Waals surface area contributed by atoms with Gasteiger partial charge in [0, 0.05) is 11.8 Å². The van der Waals surface area contributed by atoms with Gasteiger partial charge in [-0.05, 0) is 48.6 Å². The van der Waals surface area contributed by atoms with Crippen LogP contribution in [0.25, 0.3) is 0 Å². The minimum atomic E-state index is -1.01. The summed E-state index contributed by atoms with van der Waals surface area (Å²) < 4.78 is 10.7. The van der Waals surface area contributed by atoms with Crippen molar-refractivity contribution in [3.8, 4) is 11.5 Å². The molecule has 2 aromatic rings. The van der Waals surface area contributed by atoms with E-state index in [1.165, 1.54) is 13.2 Å².